The second kappa shape index (κ2) is 6.59. The van der Waals surface area contributed by atoms with Crippen LogP contribution in [0.5, 0.6) is 0 Å². The van der Waals surface area contributed by atoms with Gasteiger partial charge in [0.25, 0.3) is 0 Å². The van der Waals surface area contributed by atoms with Crippen molar-refractivity contribution in [3.8, 4) is 6.07 Å². The quantitative estimate of drug-likeness (QED) is 0.823. The summed E-state index contributed by atoms with van der Waals surface area (Å²) in [5, 5.41) is 9.01. The zero-order valence-corrected chi connectivity index (χ0v) is 13.8. The predicted octanol–water partition coefficient (Wildman–Crippen LogP) is 1.73. The van der Waals surface area contributed by atoms with Crippen LogP contribution in [-0.2, 0) is 0 Å². The van der Waals surface area contributed by atoms with E-state index in [0.29, 0.717) is 5.82 Å². The van der Waals surface area contributed by atoms with Gasteiger partial charge in [0.05, 0.1) is 12.2 Å². The highest BCUT2D eigenvalue weighted by Gasteiger charge is 2.32. The van der Waals surface area contributed by atoms with Crippen molar-refractivity contribution in [1.29, 1.82) is 5.26 Å². The first-order valence-electron chi connectivity index (χ1n) is 7.79. The van der Waals surface area contributed by atoms with Crippen molar-refractivity contribution in [2.45, 2.75) is 25.3 Å². The van der Waals surface area contributed by atoms with Gasteiger partial charge in [-0.05, 0) is 19.3 Å². The van der Waals surface area contributed by atoms with Crippen LogP contribution in [0, 0.1) is 11.3 Å². The molecule has 122 valence electrons. The molecule has 3 heterocycles. The molecule has 0 unspecified atom stereocenters. The molecule has 0 N–H and O–H groups in total. The van der Waals surface area contributed by atoms with Gasteiger partial charge in [-0.2, -0.15) is 5.26 Å². The number of carbonyl (C=O) groups is 1. The molecule has 0 aliphatic carbocycles. The largest absolute Gasteiger partial charge is 0.353 e. The number of hydrogen-bond donors (Lipinski definition) is 0. The zero-order valence-electron chi connectivity index (χ0n) is 13.1. The van der Waals surface area contributed by atoms with E-state index in [0.717, 1.165) is 45.4 Å². The molecule has 1 atom stereocenters. The predicted molar refractivity (Wildman–Crippen MR) is 86.3 cm³/mol. The van der Waals surface area contributed by atoms with Gasteiger partial charge in [-0.15, -0.1) is 0 Å². The average molecular weight is 335 g/mol. The molecule has 0 spiro atoms. The first-order chi connectivity index (χ1) is 11.1. The summed E-state index contributed by atoms with van der Waals surface area (Å²) in [5.74, 6) is 0.663. The number of nitrogens with zero attached hydrogens (tertiary/aromatic N) is 6. The minimum atomic E-state index is 0.104. The molecule has 7 nitrogen and oxygen atoms in total. The number of anilines is 1. The molecule has 0 radical (unpaired) electrons. The van der Waals surface area contributed by atoms with Gasteiger partial charge < -0.3 is 14.7 Å². The minimum Gasteiger partial charge on any atom is -0.353 e. The number of nitriles is 1. The van der Waals surface area contributed by atoms with Crippen molar-refractivity contribution in [2.24, 2.45) is 0 Å². The Hall–Kier alpha value is -2.07. The highest BCUT2D eigenvalue weighted by Crippen LogP contribution is 2.24. The summed E-state index contributed by atoms with van der Waals surface area (Å²) in [7, 11) is 1.85. The topological polar surface area (TPSA) is 76.4 Å². The van der Waals surface area contributed by atoms with E-state index in [1.165, 1.54) is 0 Å². The van der Waals surface area contributed by atoms with Crippen molar-refractivity contribution < 1.29 is 4.79 Å². The van der Waals surface area contributed by atoms with Crippen LogP contribution in [0.1, 0.15) is 25.0 Å². The fraction of sp³-hybridized carbons (Fsp3) is 0.600. The van der Waals surface area contributed by atoms with E-state index < -0.39 is 0 Å². The lowest BCUT2D eigenvalue weighted by molar-refractivity contribution is 0.112. The van der Waals surface area contributed by atoms with Gasteiger partial charge >= 0.3 is 6.03 Å². The van der Waals surface area contributed by atoms with Crippen LogP contribution >= 0.6 is 11.6 Å². The molecule has 0 bridgehead atoms. The van der Waals surface area contributed by atoms with Crippen LogP contribution < -0.4 is 4.90 Å². The fourth-order valence-corrected chi connectivity index (χ4v) is 3.41. The maximum absolute atomic E-state index is 12.4. The van der Waals surface area contributed by atoms with Gasteiger partial charge in [0.1, 0.15) is 11.9 Å². The number of piperidine rings is 1. The van der Waals surface area contributed by atoms with Crippen molar-refractivity contribution in [3.63, 3.8) is 0 Å². The lowest BCUT2D eigenvalue weighted by Crippen LogP contribution is -2.56. The third-order valence-electron chi connectivity index (χ3n) is 4.45. The van der Waals surface area contributed by atoms with Gasteiger partial charge in [0, 0.05) is 33.2 Å². The molecular weight excluding hydrogens is 316 g/mol. The van der Waals surface area contributed by atoms with E-state index >= 15 is 0 Å². The molecule has 2 aliphatic rings. The van der Waals surface area contributed by atoms with Crippen LogP contribution in [0.4, 0.5) is 10.6 Å². The number of hydrogen-bond acceptors (Lipinski definition) is 5. The summed E-state index contributed by atoms with van der Waals surface area (Å²) < 4.78 is 0. The van der Waals surface area contributed by atoms with Crippen LogP contribution in [0.3, 0.4) is 0 Å². The standard InChI is InChI=1S/C15H19ClN6O/c1-20-5-3-7-22(15(20)23)11-4-2-6-21(10-11)13-9-18-12(8-17)14(16)19-13/h9,11H,2-7,10H2,1H3/t11-/m1/s1. The molecule has 2 fully saturated rings. The van der Waals surface area contributed by atoms with Crippen LogP contribution in [0.25, 0.3) is 0 Å². The molecule has 8 heteroatoms. The van der Waals surface area contributed by atoms with E-state index in [2.05, 4.69) is 14.9 Å². The Labute approximate surface area is 140 Å². The first kappa shape index (κ1) is 15.8. The first-order valence-corrected chi connectivity index (χ1v) is 8.17. The highest BCUT2D eigenvalue weighted by molar-refractivity contribution is 6.30. The second-order valence-electron chi connectivity index (χ2n) is 5.97. The van der Waals surface area contributed by atoms with E-state index in [4.69, 9.17) is 16.9 Å². The Bertz CT molecular complexity index is 645. The third kappa shape index (κ3) is 3.17. The molecule has 1 aromatic heterocycles. The van der Waals surface area contributed by atoms with Crippen molar-refractivity contribution in [2.75, 3.05) is 38.1 Å². The molecule has 3 rings (SSSR count). The summed E-state index contributed by atoms with van der Waals surface area (Å²) in [6.07, 6.45) is 4.56. The number of carbonyl (C=O) groups excluding carboxylic acids is 1. The van der Waals surface area contributed by atoms with Gasteiger partial charge in [-0.3, -0.25) is 0 Å². The second-order valence-corrected chi connectivity index (χ2v) is 6.33. The number of aromatic nitrogens is 2. The molecule has 2 amide bonds. The SMILES string of the molecule is CN1CCCN([C@@H]2CCCN(c3cnc(C#N)c(Cl)n3)C2)C1=O. The smallest absolute Gasteiger partial charge is 0.320 e. The Balaban J connectivity index is 1.74. The fourth-order valence-electron chi connectivity index (χ4n) is 3.23. The van der Waals surface area contributed by atoms with Crippen LogP contribution in [0.2, 0.25) is 5.15 Å². The molecule has 1 aromatic rings. The molecule has 0 saturated carbocycles. The molecule has 0 aromatic carbocycles. The number of halogens is 1. The summed E-state index contributed by atoms with van der Waals surface area (Å²) >= 11 is 5.98. The Morgan fingerprint density at radius 1 is 1.35 bits per heavy atom. The van der Waals surface area contributed by atoms with Gasteiger partial charge in [0.15, 0.2) is 10.8 Å². The Morgan fingerprint density at radius 2 is 2.17 bits per heavy atom. The van der Waals surface area contributed by atoms with Crippen molar-refractivity contribution in [3.05, 3.63) is 17.0 Å². The molecule has 2 saturated heterocycles. The molecule has 23 heavy (non-hydrogen) atoms. The minimum absolute atomic E-state index is 0.104. The van der Waals surface area contributed by atoms with Gasteiger partial charge in [0.2, 0.25) is 0 Å². The summed E-state index contributed by atoms with van der Waals surface area (Å²) in [6.45, 7) is 3.20. The van der Waals surface area contributed by atoms with E-state index in [9.17, 15) is 4.79 Å². The number of amides is 2. The van der Waals surface area contributed by atoms with Crippen LogP contribution in [0.15, 0.2) is 6.20 Å². The Morgan fingerprint density at radius 3 is 2.91 bits per heavy atom. The van der Waals surface area contributed by atoms with Gasteiger partial charge in [-0.1, -0.05) is 11.6 Å². The van der Waals surface area contributed by atoms with Crippen LogP contribution in [-0.4, -0.2) is 65.1 Å². The monoisotopic (exact) mass is 334 g/mol. The lowest BCUT2D eigenvalue weighted by atomic mass is 10.0. The van der Waals surface area contributed by atoms with E-state index in [-0.39, 0.29) is 22.9 Å². The zero-order chi connectivity index (χ0) is 16.4. The molecule has 2 aliphatic heterocycles. The number of rotatable bonds is 2. The lowest BCUT2D eigenvalue weighted by Gasteiger charge is -2.43. The van der Waals surface area contributed by atoms with Crippen molar-refractivity contribution >= 4 is 23.4 Å². The van der Waals surface area contributed by atoms with E-state index in [1.54, 1.807) is 11.1 Å². The van der Waals surface area contributed by atoms with E-state index in [1.807, 2.05) is 18.0 Å². The Kier molecular flexibility index (Phi) is 4.53. The van der Waals surface area contributed by atoms with Gasteiger partial charge in [-0.25, -0.2) is 14.8 Å². The molecular formula is C15H19ClN6O. The van der Waals surface area contributed by atoms with Crippen molar-refractivity contribution in [1.82, 2.24) is 19.8 Å². The summed E-state index contributed by atoms with van der Waals surface area (Å²) in [6, 6.07) is 2.19. The number of urea groups is 1. The maximum atomic E-state index is 12.4. The summed E-state index contributed by atoms with van der Waals surface area (Å²) in [4.78, 5) is 26.5. The average Bonchev–Trinajstić information content (AvgIpc) is 2.57. The normalized spacial score (nSPS) is 22.2. The maximum Gasteiger partial charge on any atom is 0.320 e. The third-order valence-corrected chi connectivity index (χ3v) is 4.71. The summed E-state index contributed by atoms with van der Waals surface area (Å²) in [5.41, 5.74) is 0.136. The highest BCUT2D eigenvalue weighted by atomic mass is 35.5.